The Hall–Kier alpha value is -3.02. The van der Waals surface area contributed by atoms with Crippen LogP contribution in [0.1, 0.15) is 30.9 Å². The summed E-state index contributed by atoms with van der Waals surface area (Å²) >= 11 is 0. The number of anilines is 1. The fourth-order valence-electron chi connectivity index (χ4n) is 2.53. The van der Waals surface area contributed by atoms with E-state index in [9.17, 15) is 9.59 Å². The Morgan fingerprint density at radius 2 is 1.68 bits per heavy atom. The van der Waals surface area contributed by atoms with E-state index in [1.165, 1.54) is 0 Å². The summed E-state index contributed by atoms with van der Waals surface area (Å²) < 4.78 is 16.2. The quantitative estimate of drug-likeness (QED) is 0.493. The van der Waals surface area contributed by atoms with E-state index in [-0.39, 0.29) is 18.9 Å². The predicted octanol–water partition coefficient (Wildman–Crippen LogP) is 4.04. The van der Waals surface area contributed by atoms with E-state index in [1.54, 1.807) is 0 Å². The van der Waals surface area contributed by atoms with Crippen LogP contribution in [0, 0.1) is 13.8 Å². The van der Waals surface area contributed by atoms with Gasteiger partial charge in [0, 0.05) is 12.1 Å². The monoisotopic (exact) mass is 385 g/mol. The molecule has 1 N–H and O–H groups in total. The zero-order chi connectivity index (χ0) is 20.4. The van der Waals surface area contributed by atoms with Gasteiger partial charge in [0.15, 0.2) is 18.1 Å². The van der Waals surface area contributed by atoms with E-state index >= 15 is 0 Å². The third-order valence-corrected chi connectivity index (χ3v) is 4.17. The number of aryl methyl sites for hydroxylation is 1. The maximum atomic E-state index is 12.0. The second-order valence-electron chi connectivity index (χ2n) is 6.29. The van der Waals surface area contributed by atoms with Crippen LogP contribution in [0.3, 0.4) is 0 Å². The summed E-state index contributed by atoms with van der Waals surface area (Å²) in [5.74, 6) is 0.531. The molecule has 0 aliphatic heterocycles. The molecular formula is C22H27NO5. The van der Waals surface area contributed by atoms with Gasteiger partial charge in [-0.15, -0.1) is 0 Å². The Labute approximate surface area is 165 Å². The van der Waals surface area contributed by atoms with Gasteiger partial charge in [0.1, 0.15) is 0 Å². The van der Waals surface area contributed by atoms with E-state index in [4.69, 9.17) is 14.2 Å². The first-order valence-corrected chi connectivity index (χ1v) is 9.37. The number of carbonyl (C=O) groups excluding carboxylic acids is 2. The number of esters is 1. The molecular weight excluding hydrogens is 358 g/mol. The Kier molecular flexibility index (Phi) is 8.34. The van der Waals surface area contributed by atoms with Gasteiger partial charge in [-0.25, -0.2) is 0 Å². The van der Waals surface area contributed by atoms with E-state index in [1.807, 2.05) is 63.2 Å². The Morgan fingerprint density at radius 3 is 2.39 bits per heavy atom. The highest BCUT2D eigenvalue weighted by atomic mass is 16.5. The van der Waals surface area contributed by atoms with Crippen LogP contribution < -0.4 is 14.8 Å². The molecule has 0 saturated heterocycles. The number of ether oxygens (including phenoxy) is 3. The number of amides is 1. The molecule has 0 spiro atoms. The highest BCUT2D eigenvalue weighted by Gasteiger charge is 2.10. The average Bonchev–Trinajstić information content (AvgIpc) is 2.68. The van der Waals surface area contributed by atoms with Crippen molar-refractivity contribution in [2.45, 2.75) is 33.6 Å². The van der Waals surface area contributed by atoms with Crippen molar-refractivity contribution in [1.29, 1.82) is 0 Å². The topological polar surface area (TPSA) is 73.9 Å². The Balaban J connectivity index is 1.67. The minimum Gasteiger partial charge on any atom is -0.490 e. The SMILES string of the molecule is CCOc1ccccc1OCCCC(=O)OCC(=O)Nc1cccc(C)c1C. The zero-order valence-corrected chi connectivity index (χ0v) is 16.6. The van der Waals surface area contributed by atoms with Crippen LogP contribution in [0.5, 0.6) is 11.5 Å². The van der Waals surface area contributed by atoms with E-state index < -0.39 is 5.97 Å². The molecule has 6 heteroatoms. The number of carbonyl (C=O) groups is 2. The number of rotatable bonds is 10. The molecule has 6 nitrogen and oxygen atoms in total. The summed E-state index contributed by atoms with van der Waals surface area (Å²) in [6.45, 7) is 6.41. The molecule has 0 unspecified atom stereocenters. The lowest BCUT2D eigenvalue weighted by Crippen LogP contribution is -2.21. The minimum absolute atomic E-state index is 0.174. The molecule has 2 rings (SSSR count). The van der Waals surface area contributed by atoms with E-state index in [0.29, 0.717) is 31.1 Å². The first kappa shape index (κ1) is 21.3. The summed E-state index contributed by atoms with van der Waals surface area (Å²) in [5.41, 5.74) is 2.80. The number of para-hydroxylation sites is 2. The van der Waals surface area contributed by atoms with Crippen molar-refractivity contribution in [2.75, 3.05) is 25.1 Å². The Bertz CT molecular complexity index is 803. The van der Waals surface area contributed by atoms with Gasteiger partial charge in [0.05, 0.1) is 13.2 Å². The lowest BCUT2D eigenvalue weighted by atomic mass is 10.1. The third kappa shape index (κ3) is 6.61. The zero-order valence-electron chi connectivity index (χ0n) is 16.6. The van der Waals surface area contributed by atoms with Crippen LogP contribution in [0.2, 0.25) is 0 Å². The highest BCUT2D eigenvalue weighted by molar-refractivity contribution is 5.93. The number of benzene rings is 2. The maximum absolute atomic E-state index is 12.0. The van der Waals surface area contributed by atoms with Crippen molar-refractivity contribution in [3.05, 3.63) is 53.6 Å². The van der Waals surface area contributed by atoms with Gasteiger partial charge < -0.3 is 19.5 Å². The fourth-order valence-corrected chi connectivity index (χ4v) is 2.53. The molecule has 0 saturated carbocycles. The molecule has 2 aromatic carbocycles. The molecule has 0 aromatic heterocycles. The molecule has 0 fully saturated rings. The first-order chi connectivity index (χ1) is 13.5. The predicted molar refractivity (Wildman–Crippen MR) is 108 cm³/mol. The number of hydrogen-bond acceptors (Lipinski definition) is 5. The van der Waals surface area contributed by atoms with Crippen molar-refractivity contribution in [3.8, 4) is 11.5 Å². The summed E-state index contributed by atoms with van der Waals surface area (Å²) in [6, 6.07) is 13.1. The standard InChI is InChI=1S/C22H27NO5/c1-4-26-19-11-5-6-12-20(19)27-14-8-13-22(25)28-15-21(24)23-18-10-7-9-16(2)17(18)3/h5-7,9-12H,4,8,13-15H2,1-3H3,(H,23,24). The average molecular weight is 385 g/mol. The van der Waals surface area contributed by atoms with Crippen molar-refractivity contribution in [1.82, 2.24) is 0 Å². The van der Waals surface area contributed by atoms with Crippen LogP contribution in [-0.2, 0) is 14.3 Å². The molecule has 0 radical (unpaired) electrons. The molecule has 0 aliphatic carbocycles. The van der Waals surface area contributed by atoms with Crippen molar-refractivity contribution in [3.63, 3.8) is 0 Å². The Morgan fingerprint density at radius 1 is 0.964 bits per heavy atom. The second-order valence-corrected chi connectivity index (χ2v) is 6.29. The highest BCUT2D eigenvalue weighted by Crippen LogP contribution is 2.26. The van der Waals surface area contributed by atoms with Crippen molar-refractivity contribution < 1.29 is 23.8 Å². The number of hydrogen-bond donors (Lipinski definition) is 1. The van der Waals surface area contributed by atoms with Gasteiger partial charge in [0.2, 0.25) is 0 Å². The molecule has 0 aliphatic rings. The largest absolute Gasteiger partial charge is 0.490 e. The summed E-state index contributed by atoms with van der Waals surface area (Å²) in [4.78, 5) is 23.8. The molecule has 1 amide bonds. The fraction of sp³-hybridized carbons (Fsp3) is 0.364. The normalized spacial score (nSPS) is 10.2. The summed E-state index contributed by atoms with van der Waals surface area (Å²) in [6.07, 6.45) is 0.658. The van der Waals surface area contributed by atoms with Gasteiger partial charge >= 0.3 is 5.97 Å². The van der Waals surface area contributed by atoms with Gasteiger partial charge in [-0.3, -0.25) is 9.59 Å². The molecule has 2 aromatic rings. The van der Waals surface area contributed by atoms with E-state index in [0.717, 1.165) is 16.8 Å². The van der Waals surface area contributed by atoms with Crippen LogP contribution in [0.25, 0.3) is 0 Å². The van der Waals surface area contributed by atoms with Gasteiger partial charge in [0.25, 0.3) is 5.91 Å². The molecule has 0 heterocycles. The molecule has 28 heavy (non-hydrogen) atoms. The minimum atomic E-state index is -0.433. The van der Waals surface area contributed by atoms with Gasteiger partial charge in [-0.2, -0.15) is 0 Å². The van der Waals surface area contributed by atoms with Crippen LogP contribution in [0.15, 0.2) is 42.5 Å². The smallest absolute Gasteiger partial charge is 0.306 e. The summed E-state index contributed by atoms with van der Waals surface area (Å²) in [5, 5.41) is 2.76. The molecule has 0 bridgehead atoms. The van der Waals surface area contributed by atoms with Crippen LogP contribution in [-0.4, -0.2) is 31.7 Å². The summed E-state index contributed by atoms with van der Waals surface area (Å²) in [7, 11) is 0. The second kappa shape index (κ2) is 11.0. The number of nitrogens with one attached hydrogen (secondary N) is 1. The van der Waals surface area contributed by atoms with Crippen LogP contribution in [0.4, 0.5) is 5.69 Å². The van der Waals surface area contributed by atoms with Crippen molar-refractivity contribution in [2.24, 2.45) is 0 Å². The van der Waals surface area contributed by atoms with Crippen LogP contribution >= 0.6 is 0 Å². The first-order valence-electron chi connectivity index (χ1n) is 9.37. The van der Waals surface area contributed by atoms with Gasteiger partial charge in [-0.05, 0) is 56.5 Å². The third-order valence-electron chi connectivity index (χ3n) is 4.17. The molecule has 0 atom stereocenters. The van der Waals surface area contributed by atoms with Gasteiger partial charge in [-0.1, -0.05) is 24.3 Å². The lowest BCUT2D eigenvalue weighted by molar-refractivity contribution is -0.147. The van der Waals surface area contributed by atoms with E-state index in [2.05, 4.69) is 5.32 Å². The maximum Gasteiger partial charge on any atom is 0.306 e. The van der Waals surface area contributed by atoms with Crippen molar-refractivity contribution >= 4 is 17.6 Å². The molecule has 150 valence electrons. The lowest BCUT2D eigenvalue weighted by Gasteiger charge is -2.12.